The Hall–Kier alpha value is -2.29. The van der Waals surface area contributed by atoms with Gasteiger partial charge in [-0.2, -0.15) is 0 Å². The van der Waals surface area contributed by atoms with Crippen LogP contribution in [0.5, 0.6) is 11.5 Å². The van der Waals surface area contributed by atoms with Crippen molar-refractivity contribution in [3.05, 3.63) is 38.5 Å². The van der Waals surface area contributed by atoms with Crippen molar-refractivity contribution in [3.63, 3.8) is 0 Å². The normalized spacial score (nSPS) is 10.6. The molecule has 2 aromatic heterocycles. The number of rotatable bonds is 6. The molecule has 3 aromatic rings. The lowest BCUT2D eigenvalue weighted by atomic mass is 10.1. The minimum atomic E-state index is -0.318. The van der Waals surface area contributed by atoms with E-state index in [2.05, 4.69) is 15.5 Å². The van der Waals surface area contributed by atoms with E-state index in [9.17, 15) is 4.79 Å². The predicted octanol–water partition coefficient (Wildman–Crippen LogP) is 4.30. The smallest absolute Gasteiger partial charge is 0.322 e. The summed E-state index contributed by atoms with van der Waals surface area (Å²) in [5.74, 6) is 0.993. The van der Waals surface area contributed by atoms with Crippen LogP contribution in [-0.2, 0) is 11.2 Å². The molecule has 0 saturated heterocycles. The van der Waals surface area contributed by atoms with Gasteiger partial charge in [-0.1, -0.05) is 34.4 Å². The minimum Gasteiger partial charge on any atom is -0.493 e. The van der Waals surface area contributed by atoms with Crippen LogP contribution < -0.4 is 14.8 Å². The molecule has 1 aromatic carbocycles. The van der Waals surface area contributed by atoms with Crippen molar-refractivity contribution in [1.82, 2.24) is 10.2 Å². The average Bonchev–Trinajstić information content (AvgIpc) is 3.20. The number of nitrogens with one attached hydrogen (secondary N) is 1. The third kappa shape index (κ3) is 4.09. The molecule has 10 heteroatoms. The lowest BCUT2D eigenvalue weighted by molar-refractivity contribution is -0.115. The number of aromatic nitrogens is 2. The van der Waals surface area contributed by atoms with Crippen LogP contribution in [0.25, 0.3) is 11.5 Å². The Bertz CT molecular complexity index is 941. The molecule has 0 aliphatic carbocycles. The number of ether oxygens (including phenoxy) is 2. The molecule has 3 rings (SSSR count). The number of amides is 1. The van der Waals surface area contributed by atoms with Crippen LogP contribution in [0.15, 0.2) is 28.7 Å². The predicted molar refractivity (Wildman–Crippen MR) is 99.5 cm³/mol. The summed E-state index contributed by atoms with van der Waals surface area (Å²) in [6.45, 7) is 0. The van der Waals surface area contributed by atoms with Crippen molar-refractivity contribution < 1.29 is 18.7 Å². The number of carbonyl (C=O) groups is 1. The Balaban J connectivity index is 1.68. The molecule has 0 aliphatic heterocycles. The van der Waals surface area contributed by atoms with Gasteiger partial charge in [-0.3, -0.25) is 10.1 Å². The number of hydrogen-bond donors (Lipinski definition) is 1. The van der Waals surface area contributed by atoms with Crippen molar-refractivity contribution in [2.75, 3.05) is 19.5 Å². The van der Waals surface area contributed by atoms with E-state index >= 15 is 0 Å². The molecule has 0 bridgehead atoms. The average molecular weight is 414 g/mol. The summed E-state index contributed by atoms with van der Waals surface area (Å²) in [6, 6.07) is 6.83. The molecule has 0 aliphatic rings. The Kier molecular flexibility index (Phi) is 5.65. The van der Waals surface area contributed by atoms with Crippen LogP contribution in [0, 0.1) is 0 Å². The summed E-state index contributed by atoms with van der Waals surface area (Å²) in [6.07, 6.45) is 0.100. The van der Waals surface area contributed by atoms with E-state index in [0.29, 0.717) is 25.7 Å². The van der Waals surface area contributed by atoms with E-state index in [-0.39, 0.29) is 24.2 Å². The maximum absolute atomic E-state index is 12.2. The van der Waals surface area contributed by atoms with Crippen molar-refractivity contribution in [1.29, 1.82) is 0 Å². The van der Waals surface area contributed by atoms with Gasteiger partial charge >= 0.3 is 6.01 Å². The molecule has 0 spiro atoms. The van der Waals surface area contributed by atoms with Crippen molar-refractivity contribution in [3.8, 4) is 23.0 Å². The number of methoxy groups -OCH3 is 2. The summed E-state index contributed by atoms with van der Waals surface area (Å²) in [5.41, 5.74) is 1.27. The van der Waals surface area contributed by atoms with E-state index in [4.69, 9.17) is 37.1 Å². The summed E-state index contributed by atoms with van der Waals surface area (Å²) in [7, 11) is 3.08. The first-order valence-corrected chi connectivity index (χ1v) is 8.87. The highest BCUT2D eigenvalue weighted by Crippen LogP contribution is 2.37. The van der Waals surface area contributed by atoms with Crippen molar-refractivity contribution >= 4 is 46.5 Å². The van der Waals surface area contributed by atoms with Gasteiger partial charge < -0.3 is 13.9 Å². The molecule has 0 radical (unpaired) electrons. The fraction of sp³-hybridized carbons (Fsp3) is 0.188. The molecule has 136 valence electrons. The molecule has 26 heavy (non-hydrogen) atoms. The largest absolute Gasteiger partial charge is 0.493 e. The molecular weight excluding hydrogens is 401 g/mol. The number of hydrogen-bond acceptors (Lipinski definition) is 7. The molecule has 2 heterocycles. The molecule has 0 unspecified atom stereocenters. The maximum atomic E-state index is 12.2. The van der Waals surface area contributed by atoms with Crippen LogP contribution in [-0.4, -0.2) is 30.3 Å². The standard InChI is InChI=1S/C16H13Cl2N3O4S/c1-23-10-4-3-8(5-11(10)24-2)6-13(22)19-16-21-20-15(25-16)9-7-12(17)26-14(9)18/h3-5,7H,6H2,1-2H3,(H,19,21,22). The second-order valence-electron chi connectivity index (χ2n) is 5.06. The molecule has 1 amide bonds. The Morgan fingerprint density at radius 3 is 2.62 bits per heavy atom. The minimum absolute atomic E-state index is 0.0242. The zero-order valence-corrected chi connectivity index (χ0v) is 16.0. The zero-order valence-electron chi connectivity index (χ0n) is 13.7. The van der Waals surface area contributed by atoms with Gasteiger partial charge in [-0.25, -0.2) is 0 Å². The van der Waals surface area contributed by atoms with E-state index in [1.165, 1.54) is 18.4 Å². The summed E-state index contributed by atoms with van der Waals surface area (Å²) in [4.78, 5) is 12.2. The SMILES string of the molecule is COc1ccc(CC(=O)Nc2nnc(-c3cc(Cl)sc3Cl)o2)cc1OC. The third-order valence-corrected chi connectivity index (χ3v) is 4.86. The van der Waals surface area contributed by atoms with Crippen molar-refractivity contribution in [2.24, 2.45) is 0 Å². The summed E-state index contributed by atoms with van der Waals surface area (Å²) >= 11 is 13.1. The van der Waals surface area contributed by atoms with Crippen LogP contribution in [0.1, 0.15) is 5.56 Å². The maximum Gasteiger partial charge on any atom is 0.322 e. The number of carbonyl (C=O) groups excluding carboxylic acids is 1. The number of thiophene rings is 1. The van der Waals surface area contributed by atoms with Gasteiger partial charge in [0.15, 0.2) is 11.5 Å². The first kappa shape index (κ1) is 18.5. The quantitative estimate of drug-likeness (QED) is 0.647. The van der Waals surface area contributed by atoms with Gasteiger partial charge in [0, 0.05) is 0 Å². The van der Waals surface area contributed by atoms with Gasteiger partial charge in [0.1, 0.15) is 4.34 Å². The van der Waals surface area contributed by atoms with Gasteiger partial charge in [-0.15, -0.1) is 16.4 Å². The lowest BCUT2D eigenvalue weighted by Gasteiger charge is -2.09. The fourth-order valence-electron chi connectivity index (χ4n) is 2.21. The van der Waals surface area contributed by atoms with Gasteiger partial charge in [0.05, 0.1) is 30.5 Å². The van der Waals surface area contributed by atoms with E-state index in [0.717, 1.165) is 5.56 Å². The first-order valence-electron chi connectivity index (χ1n) is 7.29. The Labute approximate surface area is 162 Å². The molecule has 0 atom stereocenters. The van der Waals surface area contributed by atoms with E-state index < -0.39 is 0 Å². The highest BCUT2D eigenvalue weighted by Gasteiger charge is 2.17. The number of halogens is 2. The number of nitrogens with zero attached hydrogens (tertiary/aromatic N) is 2. The Morgan fingerprint density at radius 1 is 1.19 bits per heavy atom. The summed E-state index contributed by atoms with van der Waals surface area (Å²) < 4.78 is 16.7. The highest BCUT2D eigenvalue weighted by molar-refractivity contribution is 7.20. The lowest BCUT2D eigenvalue weighted by Crippen LogP contribution is -2.14. The van der Waals surface area contributed by atoms with Crippen LogP contribution in [0.3, 0.4) is 0 Å². The third-order valence-electron chi connectivity index (χ3n) is 3.37. The van der Waals surface area contributed by atoms with E-state index in [1.807, 2.05) is 0 Å². The molecular formula is C16H13Cl2N3O4S. The molecule has 1 N–H and O–H groups in total. The highest BCUT2D eigenvalue weighted by atomic mass is 35.5. The number of benzene rings is 1. The summed E-state index contributed by atoms with van der Waals surface area (Å²) in [5, 5.41) is 10.2. The topological polar surface area (TPSA) is 86.5 Å². The number of anilines is 1. The van der Waals surface area contributed by atoms with Crippen molar-refractivity contribution in [2.45, 2.75) is 6.42 Å². The van der Waals surface area contributed by atoms with Crippen LogP contribution in [0.2, 0.25) is 8.67 Å². The van der Waals surface area contributed by atoms with Crippen LogP contribution >= 0.6 is 34.5 Å². The Morgan fingerprint density at radius 2 is 1.96 bits per heavy atom. The van der Waals surface area contributed by atoms with E-state index in [1.54, 1.807) is 31.4 Å². The second-order valence-corrected chi connectivity index (χ2v) is 7.35. The fourth-order valence-corrected chi connectivity index (χ4v) is 3.66. The first-order chi connectivity index (χ1) is 12.5. The van der Waals surface area contributed by atoms with Crippen LogP contribution in [0.4, 0.5) is 6.01 Å². The molecule has 0 fully saturated rings. The second kappa shape index (κ2) is 7.94. The molecule has 0 saturated carbocycles. The van der Waals surface area contributed by atoms with Gasteiger partial charge in [0.2, 0.25) is 5.91 Å². The van der Waals surface area contributed by atoms with Gasteiger partial charge in [0.25, 0.3) is 5.89 Å². The molecule has 7 nitrogen and oxygen atoms in total. The van der Waals surface area contributed by atoms with Gasteiger partial charge in [-0.05, 0) is 23.8 Å². The zero-order chi connectivity index (χ0) is 18.7. The monoisotopic (exact) mass is 413 g/mol.